The molecule has 270 valence electrons. The van der Waals surface area contributed by atoms with E-state index in [4.69, 9.17) is 16.3 Å². The average Bonchev–Trinajstić information content (AvgIpc) is 3.32. The topological polar surface area (TPSA) is 114 Å². The van der Waals surface area contributed by atoms with E-state index in [9.17, 15) is 36.3 Å². The van der Waals surface area contributed by atoms with Gasteiger partial charge in [0.15, 0.2) is 5.82 Å². The molecule has 1 saturated heterocycles. The summed E-state index contributed by atoms with van der Waals surface area (Å²) in [7, 11) is 0. The van der Waals surface area contributed by atoms with Gasteiger partial charge in [0.2, 0.25) is 11.7 Å². The number of halogens is 6. The third-order valence-corrected chi connectivity index (χ3v) is 9.70. The number of carbonyl (C=O) groups is 2. The summed E-state index contributed by atoms with van der Waals surface area (Å²) in [6, 6.07) is 2.57. The van der Waals surface area contributed by atoms with E-state index in [2.05, 4.69) is 15.4 Å². The highest BCUT2D eigenvalue weighted by molar-refractivity contribution is 6.33. The van der Waals surface area contributed by atoms with Gasteiger partial charge in [-0.25, -0.2) is 13.6 Å². The SMILES string of the molecule is CCc1c(N2CCN(C(=O)OC(C)(C)C)CC2)c(=O)n2nc(C3=CCC4(CC3)CC4(F)F)nc2n1CC(=O)Nc1ccc(C(F)(F)F)cc1Cl. The fourth-order valence-corrected chi connectivity index (χ4v) is 6.83. The molecule has 1 N–H and O–H groups in total. The van der Waals surface area contributed by atoms with Crippen LogP contribution in [0.4, 0.5) is 38.1 Å². The number of amides is 2. The molecule has 50 heavy (non-hydrogen) atoms. The number of hydrogen-bond donors (Lipinski definition) is 1. The lowest BCUT2D eigenvalue weighted by Gasteiger charge is -2.37. The normalized spacial score (nSPS) is 20.6. The van der Waals surface area contributed by atoms with Crippen LogP contribution in [0.25, 0.3) is 11.4 Å². The Morgan fingerprint density at radius 2 is 1.78 bits per heavy atom. The first-order valence-corrected chi connectivity index (χ1v) is 16.7. The van der Waals surface area contributed by atoms with Crippen LogP contribution in [0.2, 0.25) is 5.02 Å². The Labute approximate surface area is 289 Å². The Bertz CT molecular complexity index is 1940. The summed E-state index contributed by atoms with van der Waals surface area (Å²) in [5, 5.41) is 6.73. The summed E-state index contributed by atoms with van der Waals surface area (Å²) in [5.74, 6) is -3.17. The van der Waals surface area contributed by atoms with Crippen LogP contribution in [0.1, 0.15) is 70.5 Å². The Morgan fingerprint density at radius 1 is 1.10 bits per heavy atom. The zero-order valence-electron chi connectivity index (χ0n) is 28.0. The molecule has 2 fully saturated rings. The Morgan fingerprint density at radius 3 is 2.32 bits per heavy atom. The summed E-state index contributed by atoms with van der Waals surface area (Å²) in [6.07, 6.45) is -2.64. The predicted octanol–water partition coefficient (Wildman–Crippen LogP) is 6.41. The van der Waals surface area contributed by atoms with Crippen molar-refractivity contribution < 1.29 is 36.3 Å². The lowest BCUT2D eigenvalue weighted by Crippen LogP contribution is -2.51. The van der Waals surface area contributed by atoms with Gasteiger partial charge < -0.3 is 24.4 Å². The van der Waals surface area contributed by atoms with Crippen molar-refractivity contribution in [1.29, 1.82) is 0 Å². The molecule has 0 radical (unpaired) electrons. The first kappa shape index (κ1) is 35.6. The summed E-state index contributed by atoms with van der Waals surface area (Å²) >= 11 is 6.10. The van der Waals surface area contributed by atoms with Gasteiger partial charge in [0.05, 0.1) is 22.0 Å². The number of benzene rings is 1. The van der Waals surface area contributed by atoms with Crippen LogP contribution in [0, 0.1) is 5.41 Å². The van der Waals surface area contributed by atoms with Crippen molar-refractivity contribution in [1.82, 2.24) is 24.1 Å². The number of allylic oxidation sites excluding steroid dienone is 2. The minimum absolute atomic E-state index is 0.0320. The van der Waals surface area contributed by atoms with Crippen molar-refractivity contribution in [3.8, 4) is 0 Å². The molecule has 1 atom stereocenters. The zero-order chi connectivity index (χ0) is 36.4. The van der Waals surface area contributed by atoms with Crippen molar-refractivity contribution in [2.45, 2.75) is 84.0 Å². The predicted molar refractivity (Wildman–Crippen MR) is 176 cm³/mol. The molecule has 17 heteroatoms. The average molecular weight is 726 g/mol. The Hall–Kier alpha value is -4.21. The highest BCUT2D eigenvalue weighted by Crippen LogP contribution is 2.67. The van der Waals surface area contributed by atoms with Gasteiger partial charge in [-0.1, -0.05) is 24.6 Å². The minimum atomic E-state index is -4.63. The van der Waals surface area contributed by atoms with Crippen LogP contribution in [-0.2, 0) is 28.7 Å². The molecule has 3 aromatic rings. The maximum atomic E-state index is 14.2. The molecule has 1 aliphatic heterocycles. The van der Waals surface area contributed by atoms with Crippen LogP contribution in [-0.4, -0.2) is 73.8 Å². The molecular formula is C33H37ClF5N7O4. The van der Waals surface area contributed by atoms with E-state index >= 15 is 0 Å². The number of nitrogens with one attached hydrogen (secondary N) is 1. The number of fused-ring (bicyclic) bond motifs is 1. The molecule has 11 nitrogen and oxygen atoms in total. The number of anilines is 2. The number of aromatic nitrogens is 4. The van der Waals surface area contributed by atoms with Gasteiger partial charge in [-0.15, -0.1) is 5.10 Å². The van der Waals surface area contributed by atoms with Gasteiger partial charge in [-0.3, -0.25) is 9.59 Å². The molecule has 3 heterocycles. The van der Waals surface area contributed by atoms with E-state index in [1.165, 1.54) is 4.57 Å². The number of hydrogen-bond acceptors (Lipinski definition) is 7. The van der Waals surface area contributed by atoms with Crippen molar-refractivity contribution in [3.63, 3.8) is 0 Å². The second-order valence-electron chi connectivity index (χ2n) is 14.0. The van der Waals surface area contributed by atoms with E-state index in [-0.39, 0.29) is 86.3 Å². The lowest BCUT2D eigenvalue weighted by atomic mass is 9.86. The van der Waals surface area contributed by atoms with E-state index in [1.807, 2.05) is 4.90 Å². The molecular weight excluding hydrogens is 689 g/mol. The molecule has 3 aliphatic rings. The monoisotopic (exact) mass is 725 g/mol. The van der Waals surface area contributed by atoms with Crippen molar-refractivity contribution in [3.05, 3.63) is 56.7 Å². The highest BCUT2D eigenvalue weighted by Gasteiger charge is 2.70. The smallest absolute Gasteiger partial charge is 0.416 e. The molecule has 2 aliphatic carbocycles. The molecule has 2 aromatic heterocycles. The molecule has 0 bridgehead atoms. The zero-order valence-corrected chi connectivity index (χ0v) is 28.7. The number of piperazine rings is 1. The fourth-order valence-electron chi connectivity index (χ4n) is 6.60. The number of rotatable bonds is 6. The van der Waals surface area contributed by atoms with Gasteiger partial charge in [-0.2, -0.15) is 22.7 Å². The van der Waals surface area contributed by atoms with Crippen molar-refractivity contribution in [2.24, 2.45) is 5.41 Å². The molecule has 1 aromatic carbocycles. The molecule has 1 unspecified atom stereocenters. The lowest BCUT2D eigenvalue weighted by molar-refractivity contribution is -0.137. The quantitative estimate of drug-likeness (QED) is 0.292. The third-order valence-electron chi connectivity index (χ3n) is 9.39. The maximum absolute atomic E-state index is 14.2. The van der Waals surface area contributed by atoms with Crippen molar-refractivity contribution in [2.75, 3.05) is 36.4 Å². The number of nitrogens with zero attached hydrogens (tertiary/aromatic N) is 6. The summed E-state index contributed by atoms with van der Waals surface area (Å²) in [5.41, 5.74) is -1.97. The van der Waals surface area contributed by atoms with E-state index in [0.717, 1.165) is 16.6 Å². The summed E-state index contributed by atoms with van der Waals surface area (Å²) in [6.45, 7) is 7.72. The fraction of sp³-hybridized carbons (Fsp3) is 0.545. The third kappa shape index (κ3) is 6.77. The first-order valence-electron chi connectivity index (χ1n) is 16.3. The van der Waals surface area contributed by atoms with Crippen LogP contribution in [0.15, 0.2) is 29.1 Å². The standard InChI is InChI=1S/C33H37ClF5N7O4/c1-5-23-25(43-12-14-44(15-13-43)29(49)50-30(2,3)4)27(48)46-28(41-26(42-46)19-8-10-31(11-9-19)18-32(31,35)36)45(23)17-24(47)40-22-7-6-20(16-21(22)34)33(37,38)39/h6-8,16H,5,9-15,17-18H2,1-4H3,(H,40,47). The van der Waals surface area contributed by atoms with Gasteiger partial charge in [0.25, 0.3) is 11.5 Å². The second-order valence-corrected chi connectivity index (χ2v) is 14.4. The van der Waals surface area contributed by atoms with Gasteiger partial charge in [0.1, 0.15) is 17.8 Å². The van der Waals surface area contributed by atoms with E-state index < -0.39 is 52.8 Å². The van der Waals surface area contributed by atoms with Gasteiger partial charge >= 0.3 is 12.3 Å². The van der Waals surface area contributed by atoms with Crippen LogP contribution < -0.4 is 15.8 Å². The largest absolute Gasteiger partial charge is 0.444 e. The Balaban J connectivity index is 1.36. The van der Waals surface area contributed by atoms with Crippen LogP contribution in [0.3, 0.4) is 0 Å². The minimum Gasteiger partial charge on any atom is -0.444 e. The second kappa shape index (κ2) is 12.5. The molecule has 1 spiro atoms. The highest BCUT2D eigenvalue weighted by atomic mass is 35.5. The number of carbonyl (C=O) groups excluding carboxylic acids is 2. The number of alkyl halides is 5. The Kier molecular flexibility index (Phi) is 8.92. The van der Waals surface area contributed by atoms with Gasteiger partial charge in [-0.05, 0) is 70.2 Å². The van der Waals surface area contributed by atoms with E-state index in [1.54, 1.807) is 38.7 Å². The molecule has 1 saturated carbocycles. The van der Waals surface area contributed by atoms with Gasteiger partial charge in [0, 0.05) is 38.0 Å². The number of ether oxygens (including phenoxy) is 1. The molecule has 2 amide bonds. The molecule has 6 rings (SSSR count). The summed E-state index contributed by atoms with van der Waals surface area (Å²) < 4.78 is 75.8. The van der Waals surface area contributed by atoms with Crippen LogP contribution in [0.5, 0.6) is 0 Å². The van der Waals surface area contributed by atoms with E-state index in [0.29, 0.717) is 17.3 Å². The first-order chi connectivity index (χ1) is 23.3. The maximum Gasteiger partial charge on any atom is 0.416 e. The van der Waals surface area contributed by atoms with Crippen molar-refractivity contribution >= 4 is 46.3 Å². The van der Waals surface area contributed by atoms with Crippen LogP contribution >= 0.6 is 11.6 Å². The summed E-state index contributed by atoms with van der Waals surface area (Å²) in [4.78, 5) is 48.3.